The molecule has 2 bridgehead atoms. The van der Waals surface area contributed by atoms with Gasteiger partial charge in [-0.3, -0.25) is 19.3 Å². The number of amides is 2. The summed E-state index contributed by atoms with van der Waals surface area (Å²) in [5.41, 5.74) is 0. The van der Waals surface area contributed by atoms with Gasteiger partial charge < -0.3 is 4.74 Å². The van der Waals surface area contributed by atoms with Crippen LogP contribution in [0.1, 0.15) is 25.7 Å². The van der Waals surface area contributed by atoms with Gasteiger partial charge in [-0.2, -0.15) is 0 Å². The first kappa shape index (κ1) is 14.4. The predicted octanol–water partition coefficient (Wildman–Crippen LogP) is 1.18. The quantitative estimate of drug-likeness (QED) is 0.401. The van der Waals surface area contributed by atoms with Crippen molar-refractivity contribution in [3.8, 4) is 0 Å². The van der Waals surface area contributed by atoms with Gasteiger partial charge in [0.1, 0.15) is 5.78 Å². The fourth-order valence-electron chi connectivity index (χ4n) is 3.96. The molecule has 0 radical (unpaired) electrons. The molecule has 0 spiro atoms. The largest absolute Gasteiger partial charge is 0.385 e. The summed E-state index contributed by atoms with van der Waals surface area (Å²) in [6, 6.07) is 0. The number of rotatable bonds is 7. The predicted molar refractivity (Wildman–Crippen MR) is 75.2 cm³/mol. The van der Waals surface area contributed by atoms with Crippen molar-refractivity contribution < 1.29 is 19.1 Å². The highest BCUT2D eigenvalue weighted by Crippen LogP contribution is 2.52. The lowest BCUT2D eigenvalue weighted by Crippen LogP contribution is -2.34. The van der Waals surface area contributed by atoms with E-state index >= 15 is 0 Å². The van der Waals surface area contributed by atoms with Crippen LogP contribution < -0.4 is 0 Å². The van der Waals surface area contributed by atoms with Crippen LogP contribution in [0.4, 0.5) is 0 Å². The number of carbonyl (C=O) groups excluding carboxylic acids is 3. The van der Waals surface area contributed by atoms with E-state index in [1.54, 1.807) is 7.11 Å². The van der Waals surface area contributed by atoms with Gasteiger partial charge in [0, 0.05) is 33.1 Å². The van der Waals surface area contributed by atoms with Gasteiger partial charge in [-0.05, 0) is 24.7 Å². The molecule has 4 atom stereocenters. The van der Waals surface area contributed by atoms with Gasteiger partial charge in [0.2, 0.25) is 11.8 Å². The third-order valence-corrected chi connectivity index (χ3v) is 4.98. The third kappa shape index (κ3) is 2.44. The fraction of sp³-hybridized carbons (Fsp3) is 0.688. The van der Waals surface area contributed by atoms with Crippen LogP contribution in [0.5, 0.6) is 0 Å². The molecule has 5 heteroatoms. The van der Waals surface area contributed by atoms with Crippen molar-refractivity contribution in [2.24, 2.45) is 23.7 Å². The number of Topliss-reactive ketones (excluding diaryl/α,β-unsaturated/α-hetero) is 1. The topological polar surface area (TPSA) is 63.7 Å². The van der Waals surface area contributed by atoms with Crippen molar-refractivity contribution in [3.05, 3.63) is 12.2 Å². The van der Waals surface area contributed by atoms with Gasteiger partial charge in [0.25, 0.3) is 0 Å². The minimum absolute atomic E-state index is 0.0634. The molecule has 1 aliphatic heterocycles. The second-order valence-electron chi connectivity index (χ2n) is 6.21. The van der Waals surface area contributed by atoms with Gasteiger partial charge in [-0.15, -0.1) is 0 Å². The van der Waals surface area contributed by atoms with Crippen LogP contribution in [-0.2, 0) is 19.1 Å². The highest BCUT2D eigenvalue weighted by Gasteiger charge is 2.58. The average molecular weight is 291 g/mol. The summed E-state index contributed by atoms with van der Waals surface area (Å²) in [5, 5.41) is 0. The Balaban J connectivity index is 1.55. The summed E-state index contributed by atoms with van der Waals surface area (Å²) >= 11 is 0. The Morgan fingerprint density at radius 3 is 2.38 bits per heavy atom. The lowest BCUT2D eigenvalue weighted by atomic mass is 9.85. The molecular weight excluding hydrogens is 270 g/mol. The Morgan fingerprint density at radius 2 is 1.81 bits per heavy atom. The number of ether oxygens (including phenoxy) is 1. The zero-order valence-electron chi connectivity index (χ0n) is 12.3. The first-order chi connectivity index (χ1) is 10.1. The number of hydrogen-bond donors (Lipinski definition) is 0. The molecule has 3 aliphatic rings. The van der Waals surface area contributed by atoms with Crippen LogP contribution in [0, 0.1) is 23.7 Å². The summed E-state index contributed by atoms with van der Waals surface area (Å²) in [7, 11) is 1.60. The SMILES string of the molecule is COCCCC(=O)CCN1C(=O)[C@@H]2C3C=CC(C3)[C@@H]2C1=O. The van der Waals surface area contributed by atoms with Gasteiger partial charge in [-0.1, -0.05) is 12.2 Å². The van der Waals surface area contributed by atoms with Crippen LogP contribution in [0.15, 0.2) is 12.2 Å². The second-order valence-corrected chi connectivity index (χ2v) is 6.21. The number of allylic oxidation sites excluding steroid dienone is 2. The van der Waals surface area contributed by atoms with Gasteiger partial charge >= 0.3 is 0 Å². The number of hydrogen-bond acceptors (Lipinski definition) is 4. The molecule has 1 heterocycles. The minimum Gasteiger partial charge on any atom is -0.385 e. The van der Waals surface area contributed by atoms with E-state index in [1.165, 1.54) is 4.90 Å². The second kappa shape index (κ2) is 5.72. The molecule has 5 nitrogen and oxygen atoms in total. The number of ketones is 1. The standard InChI is InChI=1S/C16H21NO4/c1-21-8-2-3-12(18)6-7-17-15(19)13-10-4-5-11(9-10)14(13)16(17)20/h4-5,10-11,13-14H,2-3,6-9H2,1H3/t10?,11?,13-,14+. The normalized spacial score (nSPS) is 33.1. The fourth-order valence-corrected chi connectivity index (χ4v) is 3.96. The highest BCUT2D eigenvalue weighted by molar-refractivity contribution is 6.06. The van der Waals surface area contributed by atoms with Gasteiger partial charge in [0.05, 0.1) is 11.8 Å². The van der Waals surface area contributed by atoms with Crippen LogP contribution in [0.3, 0.4) is 0 Å². The molecule has 0 N–H and O–H groups in total. The van der Waals surface area contributed by atoms with Crippen molar-refractivity contribution in [2.45, 2.75) is 25.7 Å². The maximum Gasteiger partial charge on any atom is 0.233 e. The third-order valence-electron chi connectivity index (χ3n) is 4.98. The van der Waals surface area contributed by atoms with Gasteiger partial charge in [0.15, 0.2) is 0 Å². The van der Waals surface area contributed by atoms with E-state index in [0.717, 1.165) is 6.42 Å². The smallest absolute Gasteiger partial charge is 0.233 e. The van der Waals surface area contributed by atoms with E-state index in [2.05, 4.69) is 12.2 Å². The Kier molecular flexibility index (Phi) is 3.93. The molecule has 21 heavy (non-hydrogen) atoms. The van der Waals surface area contributed by atoms with Gasteiger partial charge in [-0.25, -0.2) is 0 Å². The molecular formula is C16H21NO4. The maximum absolute atomic E-state index is 12.4. The average Bonchev–Trinajstić information content (AvgIpc) is 3.13. The monoisotopic (exact) mass is 291 g/mol. The van der Waals surface area contributed by atoms with E-state index in [4.69, 9.17) is 4.74 Å². The minimum atomic E-state index is -0.156. The van der Waals surface area contributed by atoms with E-state index in [0.29, 0.717) is 19.4 Å². The molecule has 0 aromatic carbocycles. The molecule has 1 saturated heterocycles. The summed E-state index contributed by atoms with van der Waals surface area (Å²) in [5.74, 6) is 0.119. The zero-order chi connectivity index (χ0) is 15.0. The Morgan fingerprint density at radius 1 is 1.19 bits per heavy atom. The number of methoxy groups -OCH3 is 1. The van der Waals surface area contributed by atoms with E-state index in [1.807, 2.05) is 0 Å². The first-order valence-electron chi connectivity index (χ1n) is 7.67. The first-order valence-corrected chi connectivity index (χ1v) is 7.67. The van der Waals surface area contributed by atoms with E-state index in [9.17, 15) is 14.4 Å². The molecule has 2 amide bonds. The highest BCUT2D eigenvalue weighted by atomic mass is 16.5. The number of nitrogens with zero attached hydrogens (tertiary/aromatic N) is 1. The molecule has 0 aromatic rings. The van der Waals surface area contributed by atoms with Crippen LogP contribution in [-0.4, -0.2) is 42.8 Å². The Hall–Kier alpha value is -1.49. The molecule has 3 rings (SSSR count). The Labute approximate surface area is 124 Å². The van der Waals surface area contributed by atoms with Crippen LogP contribution in [0.2, 0.25) is 0 Å². The van der Waals surface area contributed by atoms with Crippen molar-refractivity contribution in [1.29, 1.82) is 0 Å². The van der Waals surface area contributed by atoms with E-state index < -0.39 is 0 Å². The Bertz CT molecular complexity index is 469. The molecule has 2 aliphatic carbocycles. The van der Waals surface area contributed by atoms with E-state index in [-0.39, 0.29) is 54.2 Å². The molecule has 114 valence electrons. The van der Waals surface area contributed by atoms with Crippen LogP contribution >= 0.6 is 0 Å². The maximum atomic E-state index is 12.4. The van der Waals surface area contributed by atoms with Crippen molar-refractivity contribution in [2.75, 3.05) is 20.3 Å². The van der Waals surface area contributed by atoms with Crippen molar-refractivity contribution >= 4 is 17.6 Å². The molecule has 0 aromatic heterocycles. The van der Waals surface area contributed by atoms with Crippen molar-refractivity contribution in [1.82, 2.24) is 4.90 Å². The number of fused-ring (bicyclic) bond motifs is 5. The van der Waals surface area contributed by atoms with Crippen molar-refractivity contribution in [3.63, 3.8) is 0 Å². The lowest BCUT2D eigenvalue weighted by Gasteiger charge is -2.16. The summed E-state index contributed by atoms with van der Waals surface area (Å²) in [6.07, 6.45) is 6.51. The molecule has 1 saturated carbocycles. The molecule has 2 fully saturated rings. The number of likely N-dealkylation sites (tertiary alicyclic amines) is 1. The zero-order valence-corrected chi connectivity index (χ0v) is 12.3. The number of carbonyl (C=O) groups is 3. The summed E-state index contributed by atoms with van der Waals surface area (Å²) in [4.78, 5) is 37.9. The molecule has 2 unspecified atom stereocenters. The summed E-state index contributed by atoms with van der Waals surface area (Å²) in [6.45, 7) is 0.808. The van der Waals surface area contributed by atoms with Crippen LogP contribution in [0.25, 0.3) is 0 Å². The number of imide groups is 1. The summed E-state index contributed by atoms with van der Waals surface area (Å²) < 4.78 is 4.91. The lowest BCUT2D eigenvalue weighted by molar-refractivity contribution is -0.140.